The van der Waals surface area contributed by atoms with Gasteiger partial charge < -0.3 is 9.84 Å². The van der Waals surface area contributed by atoms with E-state index in [4.69, 9.17) is 9.84 Å². The van der Waals surface area contributed by atoms with E-state index in [0.717, 1.165) is 45.2 Å². The van der Waals surface area contributed by atoms with Crippen LogP contribution in [0, 0.1) is 5.92 Å². The summed E-state index contributed by atoms with van der Waals surface area (Å²) in [5, 5.41) is 8.59. The molecule has 0 saturated carbocycles. The van der Waals surface area contributed by atoms with Crippen molar-refractivity contribution >= 4 is 11.8 Å². The van der Waals surface area contributed by atoms with E-state index in [1.165, 1.54) is 0 Å². The van der Waals surface area contributed by atoms with E-state index in [-0.39, 0.29) is 18.2 Å². The highest BCUT2D eigenvalue weighted by Crippen LogP contribution is 2.27. The Hall–Kier alpha value is -1.20. The van der Waals surface area contributed by atoms with Crippen LogP contribution in [-0.4, -0.2) is 54.1 Å². The van der Waals surface area contributed by atoms with Crippen LogP contribution in [0.5, 0.6) is 0 Å². The van der Waals surface area contributed by atoms with E-state index in [9.17, 15) is 9.59 Å². The summed E-state index contributed by atoms with van der Waals surface area (Å²) in [5.41, 5.74) is 0. The number of carboxylic acids is 1. The summed E-state index contributed by atoms with van der Waals surface area (Å²) >= 11 is 0. The van der Waals surface area contributed by atoms with Crippen molar-refractivity contribution in [2.75, 3.05) is 26.3 Å². The first-order valence-electron chi connectivity index (χ1n) is 7.94. The molecule has 1 N–H and O–H groups in total. The van der Waals surface area contributed by atoms with Crippen molar-refractivity contribution in [2.45, 2.75) is 44.6 Å². The van der Waals surface area contributed by atoms with E-state index in [1.807, 2.05) is 0 Å². The average molecular weight is 295 g/mol. The Morgan fingerprint density at radius 3 is 2.67 bits per heavy atom. The summed E-state index contributed by atoms with van der Waals surface area (Å²) in [5.74, 6) is -0.172. The van der Waals surface area contributed by atoms with E-state index < -0.39 is 5.97 Å². The van der Waals surface area contributed by atoms with Crippen LogP contribution >= 0.6 is 0 Å². The number of nitrogens with zero attached hydrogens (tertiary/aromatic N) is 1. The smallest absolute Gasteiger partial charge is 0.303 e. The summed E-state index contributed by atoms with van der Waals surface area (Å²) in [4.78, 5) is 24.7. The molecule has 21 heavy (non-hydrogen) atoms. The zero-order valence-corrected chi connectivity index (χ0v) is 12.5. The van der Waals surface area contributed by atoms with Gasteiger partial charge >= 0.3 is 5.97 Å². The highest BCUT2D eigenvalue weighted by molar-refractivity contribution is 5.97. The second-order valence-electron chi connectivity index (χ2n) is 5.87. The number of aliphatic carboxylic acids is 1. The van der Waals surface area contributed by atoms with Gasteiger partial charge in [-0.3, -0.25) is 14.5 Å². The van der Waals surface area contributed by atoms with Gasteiger partial charge in [0.2, 0.25) is 0 Å². The van der Waals surface area contributed by atoms with Crippen molar-refractivity contribution in [2.24, 2.45) is 5.92 Å². The number of ether oxygens (including phenoxy) is 1. The number of hydrogen-bond acceptors (Lipinski definition) is 4. The van der Waals surface area contributed by atoms with Crippen molar-refractivity contribution in [3.8, 4) is 0 Å². The van der Waals surface area contributed by atoms with Crippen LogP contribution in [0.1, 0.15) is 38.5 Å². The monoisotopic (exact) mass is 295 g/mol. The quantitative estimate of drug-likeness (QED) is 0.692. The third-order valence-corrected chi connectivity index (χ3v) is 4.32. The van der Waals surface area contributed by atoms with Crippen LogP contribution in [0.2, 0.25) is 0 Å². The molecule has 0 amide bonds. The number of carbonyl (C=O) groups excluding carboxylic acids is 1. The van der Waals surface area contributed by atoms with Gasteiger partial charge in [0.1, 0.15) is 0 Å². The predicted molar refractivity (Wildman–Crippen MR) is 79.2 cm³/mol. The molecule has 2 atom stereocenters. The Morgan fingerprint density at radius 1 is 1.24 bits per heavy atom. The Bertz CT molecular complexity index is 388. The molecule has 1 fully saturated rings. The predicted octanol–water partition coefficient (Wildman–Crippen LogP) is 1.87. The Kier molecular flexibility index (Phi) is 6.39. The number of morpholine rings is 1. The fraction of sp³-hybridized carbons (Fsp3) is 0.750. The van der Waals surface area contributed by atoms with Gasteiger partial charge in [-0.05, 0) is 18.9 Å². The molecule has 5 nitrogen and oxygen atoms in total. The second kappa shape index (κ2) is 8.29. The van der Waals surface area contributed by atoms with Gasteiger partial charge in [-0.2, -0.15) is 0 Å². The zero-order chi connectivity index (χ0) is 15.1. The Labute approximate surface area is 126 Å². The normalized spacial score (nSPS) is 26.4. The van der Waals surface area contributed by atoms with Crippen LogP contribution in [-0.2, 0) is 14.3 Å². The highest BCUT2D eigenvalue weighted by atomic mass is 16.5. The van der Waals surface area contributed by atoms with E-state index >= 15 is 0 Å². The number of ketones is 1. The van der Waals surface area contributed by atoms with Gasteiger partial charge in [0.25, 0.3) is 0 Å². The first-order chi connectivity index (χ1) is 10.2. The van der Waals surface area contributed by atoms with Gasteiger partial charge in [0.05, 0.1) is 19.3 Å². The summed E-state index contributed by atoms with van der Waals surface area (Å²) in [6, 6.07) is 0.00733. The molecule has 0 aromatic heterocycles. The average Bonchev–Trinajstić information content (AvgIpc) is 2.84. The van der Waals surface area contributed by atoms with Gasteiger partial charge in [0, 0.05) is 25.4 Å². The standard InChI is InChI=1S/C16H25NO4/c18-14-8-7-13(5-3-1-2-4-6-15(19)20)16(14)17-9-11-21-12-10-17/h7-8,13,16H,1-6,9-12H2,(H,19,20). The number of rotatable bonds is 8. The number of carbonyl (C=O) groups is 2. The molecule has 1 heterocycles. The van der Waals surface area contributed by atoms with Gasteiger partial charge in [-0.25, -0.2) is 0 Å². The summed E-state index contributed by atoms with van der Waals surface area (Å²) in [6.07, 6.45) is 8.87. The second-order valence-corrected chi connectivity index (χ2v) is 5.87. The van der Waals surface area contributed by atoms with Crippen LogP contribution in [0.4, 0.5) is 0 Å². The summed E-state index contributed by atoms with van der Waals surface area (Å²) in [7, 11) is 0. The third-order valence-electron chi connectivity index (χ3n) is 4.32. The molecule has 0 aromatic rings. The number of unbranched alkanes of at least 4 members (excludes halogenated alkanes) is 3. The molecule has 2 aliphatic rings. The maximum atomic E-state index is 12.1. The van der Waals surface area contributed by atoms with Gasteiger partial charge in [0.15, 0.2) is 5.78 Å². The molecular formula is C16H25NO4. The Morgan fingerprint density at radius 2 is 1.95 bits per heavy atom. The largest absolute Gasteiger partial charge is 0.481 e. The molecule has 0 aromatic carbocycles. The van der Waals surface area contributed by atoms with Crippen LogP contribution in [0.3, 0.4) is 0 Å². The number of carboxylic acid groups (broad SMARTS) is 1. The number of hydrogen-bond donors (Lipinski definition) is 1. The third kappa shape index (κ3) is 4.93. The van der Waals surface area contributed by atoms with Crippen molar-refractivity contribution in [3.05, 3.63) is 12.2 Å². The lowest BCUT2D eigenvalue weighted by Crippen LogP contribution is -2.48. The van der Waals surface area contributed by atoms with Crippen molar-refractivity contribution in [3.63, 3.8) is 0 Å². The van der Waals surface area contributed by atoms with Crippen LogP contribution < -0.4 is 0 Å². The fourth-order valence-electron chi connectivity index (χ4n) is 3.20. The maximum Gasteiger partial charge on any atom is 0.303 e. The molecule has 0 bridgehead atoms. The first kappa shape index (κ1) is 16.2. The molecule has 1 aliphatic heterocycles. The van der Waals surface area contributed by atoms with E-state index in [1.54, 1.807) is 6.08 Å². The first-order valence-corrected chi connectivity index (χ1v) is 7.94. The van der Waals surface area contributed by atoms with E-state index in [2.05, 4.69) is 11.0 Å². The minimum Gasteiger partial charge on any atom is -0.481 e. The maximum absolute atomic E-state index is 12.1. The molecule has 118 valence electrons. The molecule has 0 spiro atoms. The molecule has 2 rings (SSSR count). The highest BCUT2D eigenvalue weighted by Gasteiger charge is 2.35. The molecule has 1 saturated heterocycles. The molecule has 0 radical (unpaired) electrons. The van der Waals surface area contributed by atoms with Crippen molar-refractivity contribution in [1.29, 1.82) is 0 Å². The molecule has 1 aliphatic carbocycles. The SMILES string of the molecule is O=C(O)CCCCCCC1C=CC(=O)C1N1CCOCC1. The Balaban J connectivity index is 1.70. The van der Waals surface area contributed by atoms with Gasteiger partial charge in [-0.1, -0.05) is 25.3 Å². The summed E-state index contributed by atoms with van der Waals surface area (Å²) < 4.78 is 5.35. The molecule has 2 unspecified atom stereocenters. The molecular weight excluding hydrogens is 270 g/mol. The minimum atomic E-state index is -0.716. The van der Waals surface area contributed by atoms with Crippen molar-refractivity contribution in [1.82, 2.24) is 4.90 Å². The lowest BCUT2D eigenvalue weighted by molar-refractivity contribution is -0.137. The van der Waals surface area contributed by atoms with Crippen molar-refractivity contribution < 1.29 is 19.4 Å². The van der Waals surface area contributed by atoms with E-state index in [0.29, 0.717) is 19.1 Å². The summed E-state index contributed by atoms with van der Waals surface area (Å²) in [6.45, 7) is 3.11. The fourth-order valence-corrected chi connectivity index (χ4v) is 3.20. The molecule has 5 heteroatoms. The van der Waals surface area contributed by atoms with Crippen LogP contribution in [0.15, 0.2) is 12.2 Å². The lowest BCUT2D eigenvalue weighted by Gasteiger charge is -2.34. The van der Waals surface area contributed by atoms with Gasteiger partial charge in [-0.15, -0.1) is 0 Å². The minimum absolute atomic E-state index is 0.00733. The zero-order valence-electron chi connectivity index (χ0n) is 12.5. The topological polar surface area (TPSA) is 66.8 Å². The lowest BCUT2D eigenvalue weighted by atomic mass is 9.94. The van der Waals surface area contributed by atoms with Crippen LogP contribution in [0.25, 0.3) is 0 Å².